The predicted molar refractivity (Wildman–Crippen MR) is 110 cm³/mol. The number of aryl methyl sites for hydroxylation is 1. The minimum absolute atomic E-state index is 0.0855. The third kappa shape index (κ3) is 3.94. The first-order valence-electron chi connectivity index (χ1n) is 9.80. The van der Waals surface area contributed by atoms with E-state index < -0.39 is 6.04 Å². The molecule has 3 unspecified atom stereocenters. The van der Waals surface area contributed by atoms with Crippen LogP contribution in [0.25, 0.3) is 0 Å². The van der Waals surface area contributed by atoms with Gasteiger partial charge in [0.2, 0.25) is 5.91 Å². The molecule has 1 aromatic heterocycles. The first-order valence-corrected chi connectivity index (χ1v) is 11.1. The number of hydrogen-bond acceptors (Lipinski definition) is 4. The summed E-state index contributed by atoms with van der Waals surface area (Å²) in [4.78, 5) is 32.6. The van der Waals surface area contributed by atoms with E-state index in [1.807, 2.05) is 17.2 Å². The van der Waals surface area contributed by atoms with Gasteiger partial charge in [-0.15, -0.1) is 11.3 Å². The number of thiazole rings is 1. The molecule has 0 radical (unpaired) electrons. The van der Waals surface area contributed by atoms with Crippen LogP contribution < -0.4 is 5.32 Å². The highest BCUT2D eigenvalue weighted by atomic mass is 35.5. The lowest BCUT2D eigenvalue weighted by atomic mass is 9.84. The summed E-state index contributed by atoms with van der Waals surface area (Å²) in [6.45, 7) is 2.34. The maximum atomic E-state index is 13.3. The Morgan fingerprint density at radius 1 is 1.32 bits per heavy atom. The van der Waals surface area contributed by atoms with Gasteiger partial charge in [0.05, 0.1) is 6.54 Å². The minimum Gasteiger partial charge on any atom is -0.348 e. The SMILES string of the molecule is Cc1csc(CNC(=O)C2CC3CCCCC3N2C(=O)c2cccc(Cl)c2)n1. The Labute approximate surface area is 174 Å². The molecule has 1 aliphatic heterocycles. The number of halogens is 1. The summed E-state index contributed by atoms with van der Waals surface area (Å²) in [5.41, 5.74) is 1.51. The quantitative estimate of drug-likeness (QED) is 0.811. The number of benzene rings is 1. The second-order valence-corrected chi connectivity index (χ2v) is 9.07. The highest BCUT2D eigenvalue weighted by molar-refractivity contribution is 7.09. The topological polar surface area (TPSA) is 62.3 Å². The fourth-order valence-electron chi connectivity index (χ4n) is 4.52. The summed E-state index contributed by atoms with van der Waals surface area (Å²) >= 11 is 7.63. The van der Waals surface area contributed by atoms with Gasteiger partial charge in [-0.3, -0.25) is 9.59 Å². The maximum absolute atomic E-state index is 13.3. The van der Waals surface area contributed by atoms with Gasteiger partial charge in [0, 0.05) is 27.7 Å². The van der Waals surface area contributed by atoms with Crippen molar-refractivity contribution in [3.8, 4) is 0 Å². The van der Waals surface area contributed by atoms with Gasteiger partial charge < -0.3 is 10.2 Å². The number of nitrogens with zero attached hydrogens (tertiary/aromatic N) is 2. The minimum atomic E-state index is -0.430. The van der Waals surface area contributed by atoms with Gasteiger partial charge in [-0.2, -0.15) is 0 Å². The second kappa shape index (κ2) is 8.21. The van der Waals surface area contributed by atoms with Crippen molar-refractivity contribution >= 4 is 34.8 Å². The van der Waals surface area contributed by atoms with E-state index in [2.05, 4.69) is 10.3 Å². The van der Waals surface area contributed by atoms with Gasteiger partial charge in [0.1, 0.15) is 11.0 Å². The van der Waals surface area contributed by atoms with Crippen molar-refractivity contribution in [2.24, 2.45) is 5.92 Å². The van der Waals surface area contributed by atoms with Crippen LogP contribution in [0.5, 0.6) is 0 Å². The number of carbonyl (C=O) groups excluding carboxylic acids is 2. The molecule has 3 atom stereocenters. The standard InChI is InChI=1S/C21H24ClN3O2S/c1-13-12-28-19(24-13)11-23-20(26)18-10-14-5-2-3-8-17(14)25(18)21(27)15-6-4-7-16(22)9-15/h4,6-7,9,12,14,17-18H,2-3,5,8,10-11H2,1H3,(H,23,26). The summed E-state index contributed by atoms with van der Waals surface area (Å²) in [5, 5.41) is 6.39. The van der Waals surface area contributed by atoms with E-state index in [-0.39, 0.29) is 17.9 Å². The third-order valence-corrected chi connectivity index (χ3v) is 6.98. The molecule has 1 saturated heterocycles. The van der Waals surface area contributed by atoms with Crippen LogP contribution in [0, 0.1) is 12.8 Å². The molecule has 2 aliphatic rings. The molecular formula is C21H24ClN3O2S. The largest absolute Gasteiger partial charge is 0.348 e. The zero-order valence-corrected chi connectivity index (χ0v) is 17.4. The zero-order chi connectivity index (χ0) is 19.7. The first kappa shape index (κ1) is 19.4. The molecular weight excluding hydrogens is 394 g/mol. The number of carbonyl (C=O) groups is 2. The predicted octanol–water partition coefficient (Wildman–Crippen LogP) is 4.19. The molecule has 2 aromatic rings. The fourth-order valence-corrected chi connectivity index (χ4v) is 5.42. The van der Waals surface area contributed by atoms with Crippen LogP contribution >= 0.6 is 22.9 Å². The monoisotopic (exact) mass is 417 g/mol. The van der Waals surface area contributed by atoms with Crippen LogP contribution in [0.15, 0.2) is 29.6 Å². The molecule has 1 aliphatic carbocycles. The van der Waals surface area contributed by atoms with Gasteiger partial charge in [-0.25, -0.2) is 4.98 Å². The highest BCUT2D eigenvalue weighted by Crippen LogP contribution is 2.40. The lowest BCUT2D eigenvalue weighted by Gasteiger charge is -2.33. The Hall–Kier alpha value is -1.92. The number of nitrogens with one attached hydrogen (secondary N) is 1. The number of fused-ring (bicyclic) bond motifs is 1. The molecule has 2 amide bonds. The van der Waals surface area contributed by atoms with Crippen LogP contribution in [0.1, 0.15) is 53.2 Å². The Bertz CT molecular complexity index is 884. The molecule has 0 spiro atoms. The average Bonchev–Trinajstić information content (AvgIpc) is 3.29. The molecule has 2 heterocycles. The normalized spacial score (nSPS) is 24.1. The Morgan fingerprint density at radius 3 is 2.89 bits per heavy atom. The Morgan fingerprint density at radius 2 is 2.14 bits per heavy atom. The number of aromatic nitrogens is 1. The summed E-state index contributed by atoms with van der Waals surface area (Å²) < 4.78 is 0. The van der Waals surface area contributed by atoms with Gasteiger partial charge >= 0.3 is 0 Å². The van der Waals surface area contributed by atoms with E-state index in [1.54, 1.807) is 24.3 Å². The Kier molecular flexibility index (Phi) is 5.69. The van der Waals surface area contributed by atoms with Crippen LogP contribution in [0.2, 0.25) is 5.02 Å². The number of amides is 2. The smallest absolute Gasteiger partial charge is 0.254 e. The average molecular weight is 418 g/mol. The van der Waals surface area contributed by atoms with Crippen molar-refractivity contribution in [2.75, 3.05) is 0 Å². The van der Waals surface area contributed by atoms with Crippen molar-refractivity contribution in [3.63, 3.8) is 0 Å². The van der Waals surface area contributed by atoms with E-state index >= 15 is 0 Å². The fraction of sp³-hybridized carbons (Fsp3) is 0.476. The van der Waals surface area contributed by atoms with E-state index in [0.717, 1.165) is 36.4 Å². The van der Waals surface area contributed by atoms with Gasteiger partial charge in [0.25, 0.3) is 5.91 Å². The second-order valence-electron chi connectivity index (χ2n) is 7.69. The molecule has 0 bridgehead atoms. The van der Waals surface area contributed by atoms with Crippen molar-refractivity contribution < 1.29 is 9.59 Å². The molecule has 2 fully saturated rings. The molecule has 7 heteroatoms. The van der Waals surface area contributed by atoms with E-state index in [4.69, 9.17) is 11.6 Å². The molecule has 1 aromatic carbocycles. The summed E-state index contributed by atoms with van der Waals surface area (Å²) in [6.07, 6.45) is 5.06. The molecule has 4 rings (SSSR count). The zero-order valence-electron chi connectivity index (χ0n) is 15.9. The van der Waals surface area contributed by atoms with Crippen LogP contribution in [0.3, 0.4) is 0 Å². The number of likely N-dealkylation sites (tertiary alicyclic amines) is 1. The van der Waals surface area contributed by atoms with Crippen molar-refractivity contribution in [1.29, 1.82) is 0 Å². The van der Waals surface area contributed by atoms with Crippen LogP contribution in [0.4, 0.5) is 0 Å². The molecule has 1 saturated carbocycles. The van der Waals surface area contributed by atoms with E-state index in [0.29, 0.717) is 23.0 Å². The Balaban J connectivity index is 1.54. The lowest BCUT2D eigenvalue weighted by molar-refractivity contribution is -0.125. The number of rotatable bonds is 4. The summed E-state index contributed by atoms with van der Waals surface area (Å²) in [5.74, 6) is 0.217. The number of hydrogen-bond donors (Lipinski definition) is 1. The van der Waals surface area contributed by atoms with E-state index in [9.17, 15) is 9.59 Å². The van der Waals surface area contributed by atoms with Crippen molar-refractivity contribution in [1.82, 2.24) is 15.2 Å². The summed E-state index contributed by atoms with van der Waals surface area (Å²) in [7, 11) is 0. The van der Waals surface area contributed by atoms with Crippen molar-refractivity contribution in [3.05, 3.63) is 50.9 Å². The van der Waals surface area contributed by atoms with E-state index in [1.165, 1.54) is 17.8 Å². The van der Waals surface area contributed by atoms with Gasteiger partial charge in [-0.05, 0) is 50.3 Å². The highest BCUT2D eigenvalue weighted by Gasteiger charge is 2.47. The molecule has 1 N–H and O–H groups in total. The van der Waals surface area contributed by atoms with Gasteiger partial charge in [-0.1, -0.05) is 30.5 Å². The first-order chi connectivity index (χ1) is 13.5. The molecule has 5 nitrogen and oxygen atoms in total. The van der Waals surface area contributed by atoms with Crippen LogP contribution in [-0.2, 0) is 11.3 Å². The van der Waals surface area contributed by atoms with Crippen molar-refractivity contribution in [2.45, 2.75) is 57.7 Å². The summed E-state index contributed by atoms with van der Waals surface area (Å²) in [6, 6.07) is 6.71. The molecule has 28 heavy (non-hydrogen) atoms. The van der Waals surface area contributed by atoms with Gasteiger partial charge in [0.15, 0.2) is 0 Å². The maximum Gasteiger partial charge on any atom is 0.254 e. The third-order valence-electron chi connectivity index (χ3n) is 5.78. The lowest BCUT2D eigenvalue weighted by Crippen LogP contribution is -2.49. The van der Waals surface area contributed by atoms with Crippen LogP contribution in [-0.4, -0.2) is 33.8 Å². The molecule has 148 valence electrons.